The SMILES string of the molecule is Cc1cc(Br)c2c(c1)CC(O)=C(c1ccncc1)O2. The van der Waals surface area contributed by atoms with Gasteiger partial charge in [0.05, 0.1) is 4.47 Å². The predicted octanol–water partition coefficient (Wildman–Crippen LogP) is 4.01. The number of hydrogen-bond acceptors (Lipinski definition) is 3. The van der Waals surface area contributed by atoms with Crippen LogP contribution < -0.4 is 4.74 Å². The highest BCUT2D eigenvalue weighted by Crippen LogP contribution is 2.39. The van der Waals surface area contributed by atoms with Crippen molar-refractivity contribution in [1.82, 2.24) is 4.98 Å². The minimum absolute atomic E-state index is 0.246. The molecule has 1 N–H and O–H groups in total. The van der Waals surface area contributed by atoms with E-state index in [4.69, 9.17) is 4.74 Å². The Bertz CT molecular complexity index is 665. The maximum Gasteiger partial charge on any atom is 0.172 e. The van der Waals surface area contributed by atoms with Gasteiger partial charge in [-0.1, -0.05) is 6.07 Å². The number of benzene rings is 1. The molecule has 1 aliphatic heterocycles. The number of aliphatic hydroxyl groups is 1. The van der Waals surface area contributed by atoms with Crippen LogP contribution in [0.5, 0.6) is 5.75 Å². The largest absolute Gasteiger partial charge is 0.508 e. The van der Waals surface area contributed by atoms with Crippen LogP contribution in [-0.4, -0.2) is 10.1 Å². The molecule has 0 bridgehead atoms. The van der Waals surface area contributed by atoms with Crippen molar-refractivity contribution in [2.24, 2.45) is 0 Å². The van der Waals surface area contributed by atoms with E-state index in [1.54, 1.807) is 12.4 Å². The molecule has 0 aliphatic carbocycles. The Balaban J connectivity index is 2.07. The first-order chi connectivity index (χ1) is 9.15. The van der Waals surface area contributed by atoms with Crippen LogP contribution in [0.1, 0.15) is 16.7 Å². The summed E-state index contributed by atoms with van der Waals surface area (Å²) in [5, 5.41) is 10.2. The van der Waals surface area contributed by atoms with Gasteiger partial charge in [0, 0.05) is 29.9 Å². The van der Waals surface area contributed by atoms with Crippen molar-refractivity contribution in [3.05, 3.63) is 63.6 Å². The van der Waals surface area contributed by atoms with Gasteiger partial charge in [-0.2, -0.15) is 0 Å². The fourth-order valence-electron chi connectivity index (χ4n) is 2.20. The zero-order valence-corrected chi connectivity index (χ0v) is 11.9. The maximum absolute atomic E-state index is 10.2. The third-order valence-electron chi connectivity index (χ3n) is 3.03. The molecular weight excluding hydrogens is 306 g/mol. The van der Waals surface area contributed by atoms with Gasteiger partial charge in [-0.3, -0.25) is 4.98 Å². The average molecular weight is 318 g/mol. The van der Waals surface area contributed by atoms with Gasteiger partial charge < -0.3 is 9.84 Å². The van der Waals surface area contributed by atoms with E-state index < -0.39 is 0 Å². The number of nitrogens with zero attached hydrogens (tertiary/aromatic N) is 1. The molecule has 96 valence electrons. The lowest BCUT2D eigenvalue weighted by atomic mass is 10.0. The Labute approximate surface area is 119 Å². The van der Waals surface area contributed by atoms with Gasteiger partial charge in [0.2, 0.25) is 0 Å². The molecule has 3 rings (SSSR count). The quantitative estimate of drug-likeness (QED) is 0.864. The van der Waals surface area contributed by atoms with E-state index >= 15 is 0 Å². The number of pyridine rings is 1. The van der Waals surface area contributed by atoms with E-state index in [9.17, 15) is 5.11 Å². The highest BCUT2D eigenvalue weighted by Gasteiger charge is 2.23. The van der Waals surface area contributed by atoms with Crippen LogP contribution in [0.2, 0.25) is 0 Å². The minimum Gasteiger partial charge on any atom is -0.508 e. The number of fused-ring (bicyclic) bond motifs is 1. The molecule has 0 saturated carbocycles. The number of halogens is 1. The zero-order chi connectivity index (χ0) is 13.4. The van der Waals surface area contributed by atoms with Crippen molar-refractivity contribution in [1.29, 1.82) is 0 Å². The van der Waals surface area contributed by atoms with Crippen LogP contribution >= 0.6 is 15.9 Å². The lowest BCUT2D eigenvalue weighted by Crippen LogP contribution is -2.10. The van der Waals surface area contributed by atoms with Crippen LogP contribution in [0.25, 0.3) is 5.76 Å². The molecule has 4 heteroatoms. The van der Waals surface area contributed by atoms with Crippen LogP contribution in [0, 0.1) is 6.92 Å². The van der Waals surface area contributed by atoms with E-state index in [0.29, 0.717) is 12.2 Å². The molecule has 0 unspecified atom stereocenters. The van der Waals surface area contributed by atoms with E-state index in [1.165, 1.54) is 0 Å². The molecule has 2 heterocycles. The molecule has 0 amide bonds. The van der Waals surface area contributed by atoms with Crippen molar-refractivity contribution in [2.75, 3.05) is 0 Å². The third kappa shape index (κ3) is 2.24. The zero-order valence-electron chi connectivity index (χ0n) is 10.4. The number of aliphatic hydroxyl groups excluding tert-OH is 1. The van der Waals surface area contributed by atoms with Gasteiger partial charge in [-0.15, -0.1) is 0 Å². The van der Waals surface area contributed by atoms with E-state index in [0.717, 1.165) is 26.9 Å². The summed E-state index contributed by atoms with van der Waals surface area (Å²) >= 11 is 3.51. The Kier molecular flexibility index (Phi) is 3.03. The van der Waals surface area contributed by atoms with Crippen molar-refractivity contribution in [3.8, 4) is 5.75 Å². The first kappa shape index (κ1) is 12.2. The molecule has 0 saturated heterocycles. The summed E-state index contributed by atoms with van der Waals surface area (Å²) in [7, 11) is 0. The van der Waals surface area contributed by atoms with Crippen molar-refractivity contribution >= 4 is 21.7 Å². The second-order valence-corrected chi connectivity index (χ2v) is 5.38. The molecule has 0 atom stereocenters. The fraction of sp³-hybridized carbons (Fsp3) is 0.133. The van der Waals surface area contributed by atoms with Crippen LogP contribution in [0.3, 0.4) is 0 Å². The molecule has 1 aliphatic rings. The Hall–Kier alpha value is -1.81. The second-order valence-electron chi connectivity index (χ2n) is 4.53. The molecule has 0 radical (unpaired) electrons. The monoisotopic (exact) mass is 317 g/mol. The maximum atomic E-state index is 10.2. The molecule has 2 aromatic rings. The van der Waals surface area contributed by atoms with Gasteiger partial charge in [0.15, 0.2) is 5.76 Å². The summed E-state index contributed by atoms with van der Waals surface area (Å²) in [6.07, 6.45) is 3.84. The van der Waals surface area contributed by atoms with Crippen LogP contribution in [-0.2, 0) is 6.42 Å². The number of rotatable bonds is 1. The summed E-state index contributed by atoms with van der Waals surface area (Å²) < 4.78 is 6.78. The molecule has 0 spiro atoms. The summed E-state index contributed by atoms with van der Waals surface area (Å²) in [5.41, 5.74) is 2.95. The van der Waals surface area contributed by atoms with Gasteiger partial charge in [-0.25, -0.2) is 0 Å². The van der Waals surface area contributed by atoms with Gasteiger partial charge in [-0.05, 0) is 46.6 Å². The molecular formula is C15H12BrNO2. The second kappa shape index (κ2) is 4.70. The van der Waals surface area contributed by atoms with E-state index in [-0.39, 0.29) is 5.76 Å². The van der Waals surface area contributed by atoms with Crippen molar-refractivity contribution in [3.63, 3.8) is 0 Å². The lowest BCUT2D eigenvalue weighted by Gasteiger charge is -2.22. The third-order valence-corrected chi connectivity index (χ3v) is 3.62. The predicted molar refractivity (Wildman–Crippen MR) is 77.0 cm³/mol. The molecule has 3 nitrogen and oxygen atoms in total. The summed E-state index contributed by atoms with van der Waals surface area (Å²) in [5.74, 6) is 1.52. The molecule has 1 aromatic heterocycles. The van der Waals surface area contributed by atoms with Gasteiger partial charge in [0.25, 0.3) is 0 Å². The fourth-order valence-corrected chi connectivity index (χ4v) is 2.89. The number of aromatic nitrogens is 1. The number of aryl methyl sites for hydroxylation is 1. The summed E-state index contributed by atoms with van der Waals surface area (Å²) in [6.45, 7) is 2.02. The van der Waals surface area contributed by atoms with Crippen molar-refractivity contribution < 1.29 is 9.84 Å². The smallest absolute Gasteiger partial charge is 0.172 e. The summed E-state index contributed by atoms with van der Waals surface area (Å²) in [6, 6.07) is 7.67. The summed E-state index contributed by atoms with van der Waals surface area (Å²) in [4.78, 5) is 3.97. The number of ether oxygens (including phenoxy) is 1. The minimum atomic E-state index is 0.246. The average Bonchev–Trinajstić information content (AvgIpc) is 2.38. The highest BCUT2D eigenvalue weighted by atomic mass is 79.9. The van der Waals surface area contributed by atoms with Gasteiger partial charge >= 0.3 is 0 Å². The highest BCUT2D eigenvalue weighted by molar-refractivity contribution is 9.10. The number of allylic oxidation sites excluding steroid dienone is 1. The molecule has 19 heavy (non-hydrogen) atoms. The molecule has 1 aromatic carbocycles. The Morgan fingerprint density at radius 2 is 2.00 bits per heavy atom. The van der Waals surface area contributed by atoms with Crippen LogP contribution in [0.15, 0.2) is 46.9 Å². The topological polar surface area (TPSA) is 42.4 Å². The van der Waals surface area contributed by atoms with E-state index in [1.807, 2.05) is 31.2 Å². The van der Waals surface area contributed by atoms with Crippen molar-refractivity contribution in [2.45, 2.75) is 13.3 Å². The standard InChI is InChI=1S/C15H12BrNO2/c1-9-6-11-8-13(18)15(10-2-4-17-5-3-10)19-14(11)12(16)7-9/h2-7,18H,8H2,1H3. The van der Waals surface area contributed by atoms with E-state index in [2.05, 4.69) is 20.9 Å². The van der Waals surface area contributed by atoms with Crippen LogP contribution in [0.4, 0.5) is 0 Å². The normalized spacial score (nSPS) is 14.0. The number of hydrogen-bond donors (Lipinski definition) is 1. The molecule has 0 fully saturated rings. The lowest BCUT2D eigenvalue weighted by molar-refractivity contribution is 0.357. The first-order valence-corrected chi connectivity index (χ1v) is 6.74. The Morgan fingerprint density at radius 1 is 1.26 bits per heavy atom. The first-order valence-electron chi connectivity index (χ1n) is 5.94. The van der Waals surface area contributed by atoms with Gasteiger partial charge in [0.1, 0.15) is 11.5 Å². The Morgan fingerprint density at radius 3 is 2.74 bits per heavy atom.